The zero-order valence-corrected chi connectivity index (χ0v) is 12.6. The molecule has 3 aliphatic rings. The second-order valence-electron chi connectivity index (χ2n) is 6.86. The van der Waals surface area contributed by atoms with Gasteiger partial charge < -0.3 is 10.1 Å². The van der Waals surface area contributed by atoms with E-state index in [2.05, 4.69) is 35.9 Å². The van der Waals surface area contributed by atoms with Gasteiger partial charge in [-0.15, -0.1) is 0 Å². The van der Waals surface area contributed by atoms with Crippen LogP contribution in [0.5, 0.6) is 0 Å². The summed E-state index contributed by atoms with van der Waals surface area (Å²) in [4.78, 5) is 5.22. The van der Waals surface area contributed by atoms with E-state index in [0.717, 1.165) is 44.1 Å². The predicted molar refractivity (Wildman–Crippen MR) is 77.3 cm³/mol. The summed E-state index contributed by atoms with van der Waals surface area (Å²) >= 11 is 0. The molecule has 0 bridgehead atoms. The van der Waals surface area contributed by atoms with E-state index in [0.29, 0.717) is 12.1 Å². The average Bonchev–Trinajstić information content (AvgIpc) is 2.95. The molecular weight excluding hydrogens is 238 g/mol. The molecule has 3 saturated heterocycles. The summed E-state index contributed by atoms with van der Waals surface area (Å²) in [7, 11) is 0. The Morgan fingerprint density at radius 1 is 1.26 bits per heavy atom. The lowest BCUT2D eigenvalue weighted by atomic mass is 9.95. The highest BCUT2D eigenvalue weighted by molar-refractivity contribution is 4.97. The second-order valence-corrected chi connectivity index (χ2v) is 6.86. The third kappa shape index (κ3) is 2.82. The zero-order chi connectivity index (χ0) is 13.4. The number of morpholine rings is 1. The van der Waals surface area contributed by atoms with Gasteiger partial charge in [0.2, 0.25) is 0 Å². The van der Waals surface area contributed by atoms with Gasteiger partial charge in [-0.05, 0) is 45.7 Å². The first-order valence-electron chi connectivity index (χ1n) is 7.95. The Labute approximate surface area is 117 Å². The quantitative estimate of drug-likeness (QED) is 0.812. The fourth-order valence-corrected chi connectivity index (χ4v) is 4.08. The molecule has 4 heteroatoms. The summed E-state index contributed by atoms with van der Waals surface area (Å²) in [6.07, 6.45) is 0.408. The van der Waals surface area contributed by atoms with Crippen LogP contribution in [0.2, 0.25) is 0 Å². The summed E-state index contributed by atoms with van der Waals surface area (Å²) in [6.45, 7) is 14.9. The molecule has 3 rings (SSSR count). The lowest BCUT2D eigenvalue weighted by Gasteiger charge is -2.38. The molecular formula is C15H29N3O. The molecule has 110 valence electrons. The van der Waals surface area contributed by atoms with Crippen molar-refractivity contribution in [2.75, 3.05) is 45.9 Å². The largest absolute Gasteiger partial charge is 0.374 e. The lowest BCUT2D eigenvalue weighted by molar-refractivity contribution is -0.0538. The van der Waals surface area contributed by atoms with Crippen LogP contribution in [0.25, 0.3) is 0 Å². The molecule has 3 aliphatic heterocycles. The Hall–Kier alpha value is -0.160. The molecule has 0 aromatic rings. The standard InChI is InChI=1S/C15H29N3O/c1-11(2)17-4-5-19-14(9-17)10-18-8-13-6-16-7-15(13)12(18)3/h11-16H,4-10H2,1-3H3. The lowest BCUT2D eigenvalue weighted by Crippen LogP contribution is -2.50. The number of hydrogen-bond donors (Lipinski definition) is 1. The molecule has 19 heavy (non-hydrogen) atoms. The monoisotopic (exact) mass is 267 g/mol. The van der Waals surface area contributed by atoms with Crippen LogP contribution in [0.3, 0.4) is 0 Å². The Morgan fingerprint density at radius 2 is 2.11 bits per heavy atom. The maximum Gasteiger partial charge on any atom is 0.0829 e. The first-order valence-corrected chi connectivity index (χ1v) is 7.95. The van der Waals surface area contributed by atoms with Crippen LogP contribution >= 0.6 is 0 Å². The number of likely N-dealkylation sites (tertiary alicyclic amines) is 1. The number of nitrogens with zero attached hydrogens (tertiary/aromatic N) is 2. The van der Waals surface area contributed by atoms with Crippen molar-refractivity contribution >= 4 is 0 Å². The highest BCUT2D eigenvalue weighted by atomic mass is 16.5. The van der Waals surface area contributed by atoms with Crippen molar-refractivity contribution in [1.29, 1.82) is 0 Å². The van der Waals surface area contributed by atoms with Gasteiger partial charge in [-0.3, -0.25) is 9.80 Å². The van der Waals surface area contributed by atoms with Crippen LogP contribution in [-0.4, -0.2) is 73.9 Å². The van der Waals surface area contributed by atoms with Gasteiger partial charge in [0.1, 0.15) is 0 Å². The minimum Gasteiger partial charge on any atom is -0.374 e. The second kappa shape index (κ2) is 5.68. The highest BCUT2D eigenvalue weighted by Gasteiger charge is 2.42. The van der Waals surface area contributed by atoms with Gasteiger partial charge in [0.25, 0.3) is 0 Å². The maximum atomic E-state index is 5.99. The summed E-state index contributed by atoms with van der Waals surface area (Å²) in [6, 6.07) is 1.36. The normalized spacial score (nSPS) is 41.1. The molecule has 4 atom stereocenters. The fraction of sp³-hybridized carbons (Fsp3) is 1.00. The highest BCUT2D eigenvalue weighted by Crippen LogP contribution is 2.32. The fourth-order valence-electron chi connectivity index (χ4n) is 4.08. The van der Waals surface area contributed by atoms with E-state index in [1.807, 2.05) is 0 Å². The summed E-state index contributed by atoms with van der Waals surface area (Å²) < 4.78 is 5.99. The predicted octanol–water partition coefficient (Wildman–Crippen LogP) is 0.635. The van der Waals surface area contributed by atoms with E-state index in [1.165, 1.54) is 19.6 Å². The van der Waals surface area contributed by atoms with Gasteiger partial charge in [-0.25, -0.2) is 0 Å². The molecule has 3 heterocycles. The van der Waals surface area contributed by atoms with E-state index in [9.17, 15) is 0 Å². The third-order valence-electron chi connectivity index (χ3n) is 5.40. The molecule has 4 nitrogen and oxygen atoms in total. The summed E-state index contributed by atoms with van der Waals surface area (Å²) in [5.74, 6) is 1.74. The van der Waals surface area contributed by atoms with Gasteiger partial charge in [0, 0.05) is 38.3 Å². The van der Waals surface area contributed by atoms with Gasteiger partial charge in [-0.2, -0.15) is 0 Å². The number of rotatable bonds is 3. The molecule has 0 aromatic heterocycles. The van der Waals surface area contributed by atoms with E-state index in [4.69, 9.17) is 4.74 Å². The van der Waals surface area contributed by atoms with Gasteiger partial charge in [-0.1, -0.05) is 0 Å². The van der Waals surface area contributed by atoms with Crippen molar-refractivity contribution in [1.82, 2.24) is 15.1 Å². The number of fused-ring (bicyclic) bond motifs is 1. The minimum absolute atomic E-state index is 0.408. The number of ether oxygens (including phenoxy) is 1. The molecule has 1 N–H and O–H groups in total. The zero-order valence-electron chi connectivity index (χ0n) is 12.6. The van der Waals surface area contributed by atoms with Crippen LogP contribution in [0, 0.1) is 11.8 Å². The Bertz CT molecular complexity index is 310. The molecule has 0 radical (unpaired) electrons. The van der Waals surface area contributed by atoms with Crippen LogP contribution in [0.15, 0.2) is 0 Å². The molecule has 0 saturated carbocycles. The van der Waals surface area contributed by atoms with Crippen molar-refractivity contribution in [2.24, 2.45) is 11.8 Å². The molecule has 3 fully saturated rings. The van der Waals surface area contributed by atoms with E-state index in [-0.39, 0.29) is 0 Å². The van der Waals surface area contributed by atoms with Crippen LogP contribution < -0.4 is 5.32 Å². The Kier molecular flexibility index (Phi) is 4.13. The van der Waals surface area contributed by atoms with Crippen LogP contribution in [0.1, 0.15) is 20.8 Å². The van der Waals surface area contributed by atoms with Crippen LogP contribution in [0.4, 0.5) is 0 Å². The van der Waals surface area contributed by atoms with Gasteiger partial charge in [0.05, 0.1) is 12.7 Å². The molecule has 0 aliphatic carbocycles. The van der Waals surface area contributed by atoms with Gasteiger partial charge in [0.15, 0.2) is 0 Å². The molecule has 4 unspecified atom stereocenters. The van der Waals surface area contributed by atoms with E-state index in [1.54, 1.807) is 0 Å². The van der Waals surface area contributed by atoms with Crippen molar-refractivity contribution in [2.45, 2.75) is 39.0 Å². The first kappa shape index (κ1) is 13.8. The van der Waals surface area contributed by atoms with Gasteiger partial charge >= 0.3 is 0 Å². The van der Waals surface area contributed by atoms with Crippen LogP contribution in [-0.2, 0) is 4.74 Å². The van der Waals surface area contributed by atoms with E-state index >= 15 is 0 Å². The summed E-state index contributed by atoms with van der Waals surface area (Å²) in [5, 5.41) is 3.53. The van der Waals surface area contributed by atoms with Crippen molar-refractivity contribution in [3.63, 3.8) is 0 Å². The topological polar surface area (TPSA) is 27.7 Å². The number of nitrogens with one attached hydrogen (secondary N) is 1. The minimum atomic E-state index is 0.408. The number of hydrogen-bond acceptors (Lipinski definition) is 4. The summed E-state index contributed by atoms with van der Waals surface area (Å²) in [5.41, 5.74) is 0. The smallest absolute Gasteiger partial charge is 0.0829 e. The Morgan fingerprint density at radius 3 is 2.84 bits per heavy atom. The molecule has 0 aromatic carbocycles. The molecule has 0 spiro atoms. The Balaban J connectivity index is 1.54. The maximum absolute atomic E-state index is 5.99. The third-order valence-corrected chi connectivity index (χ3v) is 5.40. The van der Waals surface area contributed by atoms with E-state index < -0.39 is 0 Å². The van der Waals surface area contributed by atoms with Crippen molar-refractivity contribution in [3.05, 3.63) is 0 Å². The SMILES string of the molecule is CC(C)N1CCOC(CN2CC3CNCC3C2C)C1. The molecule has 0 amide bonds. The average molecular weight is 267 g/mol. The van der Waals surface area contributed by atoms with Crippen molar-refractivity contribution < 1.29 is 4.74 Å². The van der Waals surface area contributed by atoms with Crippen molar-refractivity contribution in [3.8, 4) is 0 Å². The first-order chi connectivity index (χ1) is 9.15.